The van der Waals surface area contributed by atoms with Gasteiger partial charge < -0.3 is 10.8 Å². The molecule has 0 radical (unpaired) electrons. The van der Waals surface area contributed by atoms with Gasteiger partial charge in [0, 0.05) is 5.92 Å². The fourth-order valence-corrected chi connectivity index (χ4v) is 7.55. The third-order valence-electron chi connectivity index (χ3n) is 9.18. The predicted octanol–water partition coefficient (Wildman–Crippen LogP) is 4.05. The molecule has 3 fully saturated rings. The molecule has 3 heteroatoms. The molecule has 4 rings (SSSR count). The van der Waals surface area contributed by atoms with E-state index in [0.717, 1.165) is 25.7 Å². The largest absolute Gasteiger partial charge is 0.393 e. The van der Waals surface area contributed by atoms with Crippen molar-refractivity contribution in [1.29, 1.82) is 0 Å². The molecule has 140 valence electrons. The molecule has 0 heterocycles. The van der Waals surface area contributed by atoms with Crippen LogP contribution in [0.2, 0.25) is 0 Å². The molecule has 3 nitrogen and oxygen atoms in total. The van der Waals surface area contributed by atoms with Crippen LogP contribution in [0, 0.1) is 40.4 Å². The van der Waals surface area contributed by atoms with Crippen molar-refractivity contribution in [2.75, 3.05) is 0 Å². The second-order valence-corrected chi connectivity index (χ2v) is 10.1. The molecule has 4 aliphatic rings. The van der Waals surface area contributed by atoms with Crippen LogP contribution in [0.1, 0.15) is 72.1 Å². The number of carbonyl (C=O) groups is 1. The van der Waals surface area contributed by atoms with E-state index >= 15 is 0 Å². The van der Waals surface area contributed by atoms with Crippen LogP contribution >= 0.6 is 0 Å². The van der Waals surface area contributed by atoms with E-state index < -0.39 is 0 Å². The maximum Gasteiger partial charge on any atom is 0.220 e. The first kappa shape index (κ1) is 17.6. The number of allylic oxidation sites excluding steroid dienone is 2. The Labute approximate surface area is 152 Å². The topological polar surface area (TPSA) is 63.3 Å². The SMILES string of the molecule is C[C@H](C(N)=O)[C@H]1CC[C@H]2C3=CC[C@H]4C[C@@H](O)CC[C@]4(C)[C@H]3CC[C@]12C. The van der Waals surface area contributed by atoms with Crippen molar-refractivity contribution in [3.8, 4) is 0 Å². The second kappa shape index (κ2) is 5.84. The van der Waals surface area contributed by atoms with Crippen LogP contribution in [0.4, 0.5) is 0 Å². The summed E-state index contributed by atoms with van der Waals surface area (Å²) in [6.07, 6.45) is 11.6. The zero-order chi connectivity index (χ0) is 18.0. The monoisotopic (exact) mass is 345 g/mol. The third-order valence-corrected chi connectivity index (χ3v) is 9.18. The molecule has 0 spiro atoms. The average molecular weight is 346 g/mol. The van der Waals surface area contributed by atoms with Crippen LogP contribution in [0.5, 0.6) is 0 Å². The van der Waals surface area contributed by atoms with Gasteiger partial charge in [-0.2, -0.15) is 0 Å². The highest BCUT2D eigenvalue weighted by Gasteiger charge is 2.58. The lowest BCUT2D eigenvalue weighted by atomic mass is 9.47. The molecule has 8 atom stereocenters. The van der Waals surface area contributed by atoms with Crippen molar-refractivity contribution >= 4 is 5.91 Å². The fraction of sp³-hybridized carbons (Fsp3) is 0.864. The molecule has 0 aromatic carbocycles. The van der Waals surface area contributed by atoms with E-state index in [0.29, 0.717) is 29.1 Å². The first-order chi connectivity index (χ1) is 11.8. The quantitative estimate of drug-likeness (QED) is 0.742. The summed E-state index contributed by atoms with van der Waals surface area (Å²) >= 11 is 0. The summed E-state index contributed by atoms with van der Waals surface area (Å²) in [5, 5.41) is 10.1. The molecule has 25 heavy (non-hydrogen) atoms. The van der Waals surface area contributed by atoms with Gasteiger partial charge in [0.25, 0.3) is 0 Å². The molecule has 0 unspecified atom stereocenters. The standard InChI is InChI=1S/C22H35NO2/c1-13(20(23)25)17-6-7-18-16-5-4-14-12-15(24)8-10-21(14,2)19(16)9-11-22(17,18)3/h5,13-15,17-19,24H,4,6-12H2,1-3H3,(H2,23,25)/t13-,14-,15-,17+,18-,19-,21-,22+/m0/s1. The minimum Gasteiger partial charge on any atom is -0.393 e. The van der Waals surface area contributed by atoms with Crippen molar-refractivity contribution < 1.29 is 9.90 Å². The Morgan fingerprint density at radius 1 is 1.16 bits per heavy atom. The lowest BCUT2D eigenvalue weighted by Crippen LogP contribution is -2.50. The van der Waals surface area contributed by atoms with Crippen molar-refractivity contribution in [2.45, 2.75) is 78.2 Å². The van der Waals surface area contributed by atoms with Gasteiger partial charge in [-0.3, -0.25) is 4.79 Å². The van der Waals surface area contributed by atoms with Crippen LogP contribution < -0.4 is 5.73 Å². The van der Waals surface area contributed by atoms with Gasteiger partial charge >= 0.3 is 0 Å². The minimum atomic E-state index is -0.125. The Balaban J connectivity index is 1.64. The van der Waals surface area contributed by atoms with Gasteiger partial charge in [0.05, 0.1) is 6.10 Å². The predicted molar refractivity (Wildman–Crippen MR) is 99.6 cm³/mol. The number of primary amides is 1. The summed E-state index contributed by atoms with van der Waals surface area (Å²) in [6.45, 7) is 6.98. The number of aliphatic hydroxyl groups excluding tert-OH is 1. The summed E-state index contributed by atoms with van der Waals surface area (Å²) in [5.74, 6) is 2.29. The van der Waals surface area contributed by atoms with Crippen LogP contribution in [0.15, 0.2) is 11.6 Å². The second-order valence-electron chi connectivity index (χ2n) is 10.1. The lowest BCUT2D eigenvalue weighted by molar-refractivity contribution is -0.124. The van der Waals surface area contributed by atoms with E-state index in [1.165, 1.54) is 25.7 Å². The molecular weight excluding hydrogens is 310 g/mol. The Morgan fingerprint density at radius 3 is 2.56 bits per heavy atom. The number of rotatable bonds is 2. The average Bonchev–Trinajstić information content (AvgIpc) is 2.92. The summed E-state index contributed by atoms with van der Waals surface area (Å²) in [5.41, 5.74) is 8.00. The zero-order valence-corrected chi connectivity index (χ0v) is 16.1. The number of nitrogens with two attached hydrogens (primary N) is 1. The fourth-order valence-electron chi connectivity index (χ4n) is 7.55. The van der Waals surface area contributed by atoms with Gasteiger partial charge in [0.1, 0.15) is 0 Å². The Bertz CT molecular complexity index is 599. The summed E-state index contributed by atoms with van der Waals surface area (Å²) in [6, 6.07) is 0. The highest BCUT2D eigenvalue weighted by molar-refractivity contribution is 5.76. The summed E-state index contributed by atoms with van der Waals surface area (Å²) in [4.78, 5) is 11.8. The van der Waals surface area contributed by atoms with Crippen molar-refractivity contribution in [2.24, 2.45) is 46.2 Å². The molecule has 0 aliphatic heterocycles. The highest BCUT2D eigenvalue weighted by Crippen LogP contribution is 2.66. The van der Waals surface area contributed by atoms with E-state index in [1.807, 2.05) is 6.92 Å². The smallest absolute Gasteiger partial charge is 0.220 e. The van der Waals surface area contributed by atoms with Gasteiger partial charge in [0.2, 0.25) is 5.91 Å². The molecule has 0 aromatic heterocycles. The first-order valence-electron chi connectivity index (χ1n) is 10.4. The number of carbonyl (C=O) groups excluding carboxylic acids is 1. The van der Waals surface area contributed by atoms with Crippen LogP contribution in [0.25, 0.3) is 0 Å². The van der Waals surface area contributed by atoms with Gasteiger partial charge in [-0.1, -0.05) is 32.4 Å². The normalized spacial score (nSPS) is 50.2. The summed E-state index contributed by atoms with van der Waals surface area (Å²) in [7, 11) is 0. The molecule has 3 saturated carbocycles. The minimum absolute atomic E-state index is 0.0103. The van der Waals surface area contributed by atoms with E-state index in [4.69, 9.17) is 5.73 Å². The van der Waals surface area contributed by atoms with Crippen molar-refractivity contribution in [3.63, 3.8) is 0 Å². The number of fused-ring (bicyclic) bond motifs is 5. The molecule has 4 aliphatic carbocycles. The number of amides is 1. The molecule has 0 bridgehead atoms. The van der Waals surface area contributed by atoms with Gasteiger partial charge in [-0.05, 0) is 85.9 Å². The van der Waals surface area contributed by atoms with E-state index in [9.17, 15) is 9.90 Å². The van der Waals surface area contributed by atoms with Crippen molar-refractivity contribution in [3.05, 3.63) is 11.6 Å². The number of aliphatic hydroxyl groups is 1. The maximum absolute atomic E-state index is 11.8. The third kappa shape index (κ3) is 2.44. The Morgan fingerprint density at radius 2 is 1.84 bits per heavy atom. The van der Waals surface area contributed by atoms with E-state index in [1.54, 1.807) is 5.57 Å². The first-order valence-corrected chi connectivity index (χ1v) is 10.4. The molecule has 1 amide bonds. The van der Waals surface area contributed by atoms with Crippen molar-refractivity contribution in [1.82, 2.24) is 0 Å². The number of hydrogen-bond donors (Lipinski definition) is 2. The van der Waals surface area contributed by atoms with Crippen LogP contribution in [-0.4, -0.2) is 17.1 Å². The highest BCUT2D eigenvalue weighted by atomic mass is 16.3. The van der Waals surface area contributed by atoms with Gasteiger partial charge in [-0.25, -0.2) is 0 Å². The van der Waals surface area contributed by atoms with Crippen LogP contribution in [0.3, 0.4) is 0 Å². The molecule has 0 saturated heterocycles. The Kier molecular flexibility index (Phi) is 4.10. The van der Waals surface area contributed by atoms with Gasteiger partial charge in [0.15, 0.2) is 0 Å². The number of hydrogen-bond acceptors (Lipinski definition) is 2. The summed E-state index contributed by atoms with van der Waals surface area (Å²) < 4.78 is 0. The maximum atomic E-state index is 11.8. The molecule has 3 N–H and O–H groups in total. The molecule has 0 aromatic rings. The Hall–Kier alpha value is -0.830. The lowest BCUT2D eigenvalue weighted by Gasteiger charge is -2.57. The van der Waals surface area contributed by atoms with E-state index in [2.05, 4.69) is 19.9 Å². The zero-order valence-electron chi connectivity index (χ0n) is 16.1. The van der Waals surface area contributed by atoms with Gasteiger partial charge in [-0.15, -0.1) is 0 Å². The van der Waals surface area contributed by atoms with Crippen LogP contribution in [-0.2, 0) is 4.79 Å². The molecular formula is C22H35NO2. The van der Waals surface area contributed by atoms with E-state index in [-0.39, 0.29) is 23.3 Å².